The van der Waals surface area contributed by atoms with Crippen LogP contribution in [0.15, 0.2) is 72.8 Å². The van der Waals surface area contributed by atoms with E-state index in [-0.39, 0.29) is 9.90 Å². The maximum Gasteiger partial charge on any atom is 0.0343 e. The van der Waals surface area contributed by atoms with Crippen LogP contribution in [0.3, 0.4) is 0 Å². The summed E-state index contributed by atoms with van der Waals surface area (Å²) in [5.41, 5.74) is 22.6. The number of anilines is 3. The minimum Gasteiger partial charge on any atom is -0.399 e. The molecule has 0 aromatic heterocycles. The lowest BCUT2D eigenvalue weighted by Gasteiger charge is -1.93. The average molecular weight is 355 g/mol. The maximum absolute atomic E-state index is 5.52. The van der Waals surface area contributed by atoms with Gasteiger partial charge in [0.05, 0.1) is 0 Å². The molecule has 3 aromatic rings. The summed E-state index contributed by atoms with van der Waals surface area (Å²) in [5.74, 6) is 0. The molecule has 0 aliphatic carbocycles. The fourth-order valence-electron chi connectivity index (χ4n) is 1.76. The second-order valence-corrected chi connectivity index (χ2v) is 5.57. The summed E-state index contributed by atoms with van der Waals surface area (Å²) in [4.78, 5) is 0. The molecule has 0 aliphatic rings. The lowest BCUT2D eigenvalue weighted by Crippen LogP contribution is -1.85. The van der Waals surface area contributed by atoms with E-state index in [1.807, 2.05) is 93.6 Å². The number of hydrogen-bond acceptors (Lipinski definition) is 3. The van der Waals surface area contributed by atoms with E-state index in [4.69, 9.17) is 17.2 Å². The molecule has 3 aromatic carbocycles. The monoisotopic (exact) mass is 355 g/mol. The molecule has 0 saturated heterocycles. The van der Waals surface area contributed by atoms with Crippen molar-refractivity contribution < 1.29 is 0 Å². The van der Waals surface area contributed by atoms with E-state index >= 15 is 0 Å². The smallest absolute Gasteiger partial charge is 0.0343 e. The van der Waals surface area contributed by atoms with Crippen LogP contribution in [-0.2, 0) is 0 Å². The van der Waals surface area contributed by atoms with E-state index < -0.39 is 0 Å². The van der Waals surface area contributed by atoms with E-state index in [0.717, 1.165) is 33.8 Å². The van der Waals surface area contributed by atoms with Gasteiger partial charge in [0.1, 0.15) is 0 Å². The highest BCUT2D eigenvalue weighted by Gasteiger charge is 1.85. The molecule has 0 radical (unpaired) electrons. The van der Waals surface area contributed by atoms with Gasteiger partial charge >= 0.3 is 0 Å². The molecule has 0 amide bonds. The Morgan fingerprint density at radius 1 is 0.440 bits per heavy atom. The quantitative estimate of drug-likeness (QED) is 0.401. The molecule has 25 heavy (non-hydrogen) atoms. The molecular formula is C21H30N3P. The van der Waals surface area contributed by atoms with Gasteiger partial charge in [0.25, 0.3) is 0 Å². The molecule has 0 aliphatic heterocycles. The van der Waals surface area contributed by atoms with Crippen molar-refractivity contribution in [3.05, 3.63) is 89.5 Å². The molecule has 0 bridgehead atoms. The summed E-state index contributed by atoms with van der Waals surface area (Å²) in [7, 11) is 0. The summed E-state index contributed by atoms with van der Waals surface area (Å²) in [6.07, 6.45) is 0. The Morgan fingerprint density at radius 3 is 0.760 bits per heavy atom. The van der Waals surface area contributed by atoms with Crippen molar-refractivity contribution in [2.45, 2.75) is 20.8 Å². The second-order valence-electron chi connectivity index (χ2n) is 5.57. The predicted octanol–water partition coefficient (Wildman–Crippen LogP) is 4.79. The lowest BCUT2D eigenvalue weighted by molar-refractivity contribution is 1.47. The van der Waals surface area contributed by atoms with E-state index in [0.29, 0.717) is 0 Å². The third kappa shape index (κ3) is 8.78. The van der Waals surface area contributed by atoms with Crippen molar-refractivity contribution in [2.24, 2.45) is 0 Å². The molecule has 4 heteroatoms. The molecule has 0 heterocycles. The minimum absolute atomic E-state index is 0. The van der Waals surface area contributed by atoms with Gasteiger partial charge < -0.3 is 17.2 Å². The molecule has 3 nitrogen and oxygen atoms in total. The van der Waals surface area contributed by atoms with Crippen LogP contribution in [0.4, 0.5) is 17.1 Å². The van der Waals surface area contributed by atoms with Gasteiger partial charge in [-0.25, -0.2) is 0 Å². The summed E-state index contributed by atoms with van der Waals surface area (Å²) in [6.45, 7) is 5.99. The molecule has 6 N–H and O–H groups in total. The van der Waals surface area contributed by atoms with E-state index in [1.165, 1.54) is 0 Å². The highest BCUT2D eigenvalue weighted by molar-refractivity contribution is 6.92. The highest BCUT2D eigenvalue weighted by Crippen LogP contribution is 2.07. The van der Waals surface area contributed by atoms with Crippen LogP contribution in [0.2, 0.25) is 0 Å². The van der Waals surface area contributed by atoms with E-state index in [1.54, 1.807) is 0 Å². The maximum atomic E-state index is 5.52. The molecule has 1 unspecified atom stereocenters. The fraction of sp³-hybridized carbons (Fsp3) is 0.143. The predicted molar refractivity (Wildman–Crippen MR) is 118 cm³/mol. The van der Waals surface area contributed by atoms with Crippen molar-refractivity contribution >= 4 is 27.0 Å². The van der Waals surface area contributed by atoms with Crippen molar-refractivity contribution in [1.29, 1.82) is 0 Å². The normalized spacial score (nSPS) is 8.76. The highest BCUT2D eigenvalue weighted by atomic mass is 31.0. The van der Waals surface area contributed by atoms with Crippen LogP contribution in [0.5, 0.6) is 0 Å². The standard InChI is InChI=1S/3C7H9N.H3P/c3*1-6-4-2-3-5-7(6)8;/h3*2-5H,8H2,1H3;1H3. The van der Waals surface area contributed by atoms with Crippen LogP contribution in [-0.4, -0.2) is 0 Å². The largest absolute Gasteiger partial charge is 0.399 e. The van der Waals surface area contributed by atoms with Crippen molar-refractivity contribution in [1.82, 2.24) is 0 Å². The minimum atomic E-state index is 0. The van der Waals surface area contributed by atoms with Crippen LogP contribution < -0.4 is 17.2 Å². The third-order valence-electron chi connectivity index (χ3n) is 3.57. The number of nitrogens with two attached hydrogens (primary N) is 3. The van der Waals surface area contributed by atoms with Gasteiger partial charge in [0.2, 0.25) is 0 Å². The van der Waals surface area contributed by atoms with E-state index in [2.05, 4.69) is 0 Å². The molecule has 134 valence electrons. The Labute approximate surface area is 154 Å². The van der Waals surface area contributed by atoms with Crippen LogP contribution in [0.1, 0.15) is 16.7 Å². The Morgan fingerprint density at radius 2 is 0.640 bits per heavy atom. The molecule has 0 fully saturated rings. The van der Waals surface area contributed by atoms with Crippen LogP contribution >= 0.6 is 9.90 Å². The fourth-order valence-corrected chi connectivity index (χ4v) is 1.76. The van der Waals surface area contributed by atoms with Crippen molar-refractivity contribution in [3.8, 4) is 0 Å². The van der Waals surface area contributed by atoms with E-state index in [9.17, 15) is 0 Å². The van der Waals surface area contributed by atoms with Gasteiger partial charge in [0.15, 0.2) is 0 Å². The zero-order valence-electron chi connectivity index (χ0n) is 15.4. The molecule has 0 saturated carbocycles. The second kappa shape index (κ2) is 11.9. The number of aryl methyl sites for hydroxylation is 3. The molecule has 1 atom stereocenters. The first-order chi connectivity index (χ1) is 11.4. The van der Waals surface area contributed by atoms with Gasteiger partial charge in [-0.3, -0.25) is 0 Å². The van der Waals surface area contributed by atoms with Crippen molar-refractivity contribution in [2.75, 3.05) is 17.2 Å². The number of nitrogen functional groups attached to an aromatic ring is 3. The van der Waals surface area contributed by atoms with Crippen LogP contribution in [0.25, 0.3) is 0 Å². The molecular weight excluding hydrogens is 325 g/mol. The van der Waals surface area contributed by atoms with Gasteiger partial charge in [0, 0.05) is 17.1 Å². The molecule has 3 rings (SSSR count). The summed E-state index contributed by atoms with van der Waals surface area (Å²) in [6, 6.07) is 23.4. The first-order valence-corrected chi connectivity index (χ1v) is 7.85. The Balaban J connectivity index is 0.000000339. The first kappa shape index (κ1) is 22.5. The number of benzene rings is 3. The zero-order chi connectivity index (χ0) is 17.9. The summed E-state index contributed by atoms with van der Waals surface area (Å²) >= 11 is 0. The topological polar surface area (TPSA) is 78.1 Å². The Hall–Kier alpha value is -2.51. The van der Waals surface area contributed by atoms with Gasteiger partial charge in [-0.15, -0.1) is 0 Å². The van der Waals surface area contributed by atoms with Crippen LogP contribution in [0, 0.1) is 20.8 Å². The lowest BCUT2D eigenvalue weighted by atomic mass is 10.2. The van der Waals surface area contributed by atoms with Gasteiger partial charge in [-0.1, -0.05) is 54.6 Å². The third-order valence-corrected chi connectivity index (χ3v) is 3.57. The SMILES string of the molecule is Cc1ccccc1N.Cc1ccccc1N.Cc1ccccc1N.P. The van der Waals surface area contributed by atoms with Gasteiger partial charge in [-0.2, -0.15) is 9.90 Å². The number of para-hydroxylation sites is 3. The van der Waals surface area contributed by atoms with Crippen molar-refractivity contribution in [3.63, 3.8) is 0 Å². The zero-order valence-corrected chi connectivity index (χ0v) is 16.8. The summed E-state index contributed by atoms with van der Waals surface area (Å²) in [5, 5.41) is 0. The Bertz CT molecular complexity index is 591. The molecule has 0 spiro atoms. The number of hydrogen-bond donors (Lipinski definition) is 3. The number of rotatable bonds is 0. The summed E-state index contributed by atoms with van der Waals surface area (Å²) < 4.78 is 0. The first-order valence-electron chi connectivity index (χ1n) is 7.85. The average Bonchev–Trinajstić information content (AvgIpc) is 2.57. The Kier molecular flexibility index (Phi) is 10.7. The van der Waals surface area contributed by atoms with Gasteiger partial charge in [-0.05, 0) is 55.7 Å².